The smallest absolute Gasteiger partial charge is 0.323 e. The van der Waals surface area contributed by atoms with Crippen molar-refractivity contribution in [1.82, 2.24) is 10.3 Å². The number of halogens is 2. The van der Waals surface area contributed by atoms with E-state index in [-0.39, 0.29) is 18.4 Å². The number of pyridine rings is 1. The lowest BCUT2D eigenvalue weighted by Crippen LogP contribution is -3.12. The first kappa shape index (κ1) is 19.0. The molecule has 0 saturated carbocycles. The van der Waals surface area contributed by atoms with E-state index >= 15 is 0 Å². The number of quaternary nitrogens is 1. The number of urea groups is 1. The zero-order valence-electron chi connectivity index (χ0n) is 12.1. The summed E-state index contributed by atoms with van der Waals surface area (Å²) in [6.07, 6.45) is 1.55. The van der Waals surface area contributed by atoms with Crippen molar-refractivity contribution in [2.24, 2.45) is 0 Å². The molecule has 0 aliphatic rings. The highest BCUT2D eigenvalue weighted by molar-refractivity contribution is 6.30. The summed E-state index contributed by atoms with van der Waals surface area (Å²) < 4.78 is 0. The topological polar surface area (TPSA) is 49.7 Å². The second kappa shape index (κ2) is 9.80. The van der Waals surface area contributed by atoms with Gasteiger partial charge in [0.25, 0.3) is 0 Å². The Balaban J connectivity index is 0.00000361. The zero-order valence-corrected chi connectivity index (χ0v) is 13.6. The Morgan fingerprint density at radius 1 is 1.40 bits per heavy atom. The Hall–Kier alpha value is -1.04. The number of carbonyl (C=O) groups is 1. The highest BCUT2D eigenvalue weighted by Gasteiger charge is 2.17. The van der Waals surface area contributed by atoms with Gasteiger partial charge >= 0.3 is 6.03 Å². The van der Waals surface area contributed by atoms with E-state index in [4.69, 9.17) is 11.6 Å². The highest BCUT2D eigenvalue weighted by atomic mass is 35.5. The fraction of sp³-hybridized carbons (Fsp3) is 0.538. The van der Waals surface area contributed by atoms with Crippen LogP contribution in [0.2, 0.25) is 5.02 Å². The fourth-order valence-electron chi connectivity index (χ4n) is 1.86. The average molecular weight is 321 g/mol. The number of hydrogen-bond donors (Lipinski definition) is 2. The van der Waals surface area contributed by atoms with Crippen molar-refractivity contribution in [3.05, 3.63) is 23.4 Å². The van der Waals surface area contributed by atoms with Crippen molar-refractivity contribution in [3.63, 3.8) is 0 Å². The van der Waals surface area contributed by atoms with Crippen LogP contribution in [-0.4, -0.2) is 44.2 Å². The summed E-state index contributed by atoms with van der Waals surface area (Å²) in [7, 11) is 1.62. The summed E-state index contributed by atoms with van der Waals surface area (Å²) in [5.74, 6) is 0.621. The van der Waals surface area contributed by atoms with Crippen LogP contribution in [0.3, 0.4) is 0 Å². The van der Waals surface area contributed by atoms with Gasteiger partial charge in [0, 0.05) is 13.2 Å². The summed E-state index contributed by atoms with van der Waals surface area (Å²) in [5, 5.41) is 3.21. The van der Waals surface area contributed by atoms with E-state index in [9.17, 15) is 4.79 Å². The van der Waals surface area contributed by atoms with Crippen LogP contribution in [0, 0.1) is 0 Å². The Labute approximate surface area is 131 Å². The normalized spacial score (nSPS) is 10.1. The minimum absolute atomic E-state index is 0. The first-order valence-electron chi connectivity index (χ1n) is 6.56. The molecule has 0 saturated heterocycles. The number of anilines is 1. The van der Waals surface area contributed by atoms with Gasteiger partial charge in [-0.3, -0.25) is 4.90 Å². The van der Waals surface area contributed by atoms with Gasteiger partial charge in [-0.25, -0.2) is 9.78 Å². The first-order chi connectivity index (χ1) is 9.12. The third-order valence-corrected chi connectivity index (χ3v) is 3.36. The van der Waals surface area contributed by atoms with E-state index < -0.39 is 0 Å². The van der Waals surface area contributed by atoms with Crippen molar-refractivity contribution in [2.75, 3.05) is 38.1 Å². The summed E-state index contributed by atoms with van der Waals surface area (Å²) in [4.78, 5) is 19.2. The predicted molar refractivity (Wildman–Crippen MR) is 78.0 cm³/mol. The van der Waals surface area contributed by atoms with E-state index in [2.05, 4.69) is 24.1 Å². The van der Waals surface area contributed by atoms with Crippen molar-refractivity contribution >= 4 is 23.4 Å². The number of nitrogens with one attached hydrogen (secondary N) is 2. The van der Waals surface area contributed by atoms with Crippen LogP contribution in [0.1, 0.15) is 13.8 Å². The van der Waals surface area contributed by atoms with Gasteiger partial charge in [0.2, 0.25) is 0 Å². The van der Waals surface area contributed by atoms with Gasteiger partial charge < -0.3 is 22.6 Å². The molecule has 1 aromatic rings. The summed E-state index contributed by atoms with van der Waals surface area (Å²) in [6.45, 7) is 7.90. The quantitative estimate of drug-likeness (QED) is 0.625. The molecule has 5 nitrogen and oxygen atoms in total. The molecule has 7 heteroatoms. The second-order valence-electron chi connectivity index (χ2n) is 4.25. The molecule has 0 unspecified atom stereocenters. The molecule has 1 rings (SSSR count). The Kier molecular flexibility index (Phi) is 9.29. The van der Waals surface area contributed by atoms with E-state index in [1.54, 1.807) is 30.3 Å². The van der Waals surface area contributed by atoms with Gasteiger partial charge in [0.1, 0.15) is 5.82 Å². The number of aromatic nitrogens is 1. The molecule has 0 spiro atoms. The molecule has 20 heavy (non-hydrogen) atoms. The Bertz CT molecular complexity index is 396. The largest absolute Gasteiger partial charge is 1.00 e. The van der Waals surface area contributed by atoms with Gasteiger partial charge in [0.15, 0.2) is 0 Å². The van der Waals surface area contributed by atoms with Crippen LogP contribution in [-0.2, 0) is 0 Å². The molecular weight excluding hydrogens is 299 g/mol. The molecule has 0 bridgehead atoms. The molecular formula is C13H22Cl2N4O. The number of carbonyl (C=O) groups excluding carboxylic acids is 1. The molecule has 1 heterocycles. The van der Waals surface area contributed by atoms with Gasteiger partial charge in [-0.1, -0.05) is 11.6 Å². The predicted octanol–water partition coefficient (Wildman–Crippen LogP) is -2.19. The monoisotopic (exact) mass is 320 g/mol. The van der Waals surface area contributed by atoms with E-state index in [1.807, 2.05) is 0 Å². The average Bonchev–Trinajstić information content (AvgIpc) is 2.44. The van der Waals surface area contributed by atoms with Crippen molar-refractivity contribution < 1.29 is 22.1 Å². The van der Waals surface area contributed by atoms with Crippen molar-refractivity contribution in [3.8, 4) is 0 Å². The molecule has 2 amide bonds. The van der Waals surface area contributed by atoms with Crippen LogP contribution in [0.25, 0.3) is 0 Å². The highest BCUT2D eigenvalue weighted by Crippen LogP contribution is 2.13. The minimum atomic E-state index is -0.152. The van der Waals surface area contributed by atoms with Crippen LogP contribution in [0.15, 0.2) is 18.3 Å². The van der Waals surface area contributed by atoms with Crippen molar-refractivity contribution in [2.45, 2.75) is 13.8 Å². The van der Waals surface area contributed by atoms with Crippen LogP contribution < -0.4 is 27.5 Å². The molecule has 0 radical (unpaired) electrons. The minimum Gasteiger partial charge on any atom is -1.00 e. The zero-order chi connectivity index (χ0) is 14.3. The molecule has 114 valence electrons. The maximum absolute atomic E-state index is 11.9. The van der Waals surface area contributed by atoms with E-state index in [0.29, 0.717) is 17.4 Å². The number of rotatable bonds is 6. The van der Waals surface area contributed by atoms with Gasteiger partial charge in [-0.05, 0) is 26.0 Å². The third-order valence-electron chi connectivity index (χ3n) is 3.14. The molecule has 0 fully saturated rings. The van der Waals surface area contributed by atoms with Crippen LogP contribution in [0.5, 0.6) is 0 Å². The maximum atomic E-state index is 11.9. The number of hydrogen-bond acceptors (Lipinski definition) is 2. The molecule has 0 atom stereocenters. The SMILES string of the molecule is CC[NH+](CC)CCN(C(=O)NC)c1ccc(Cl)cn1.[Cl-]. The summed E-state index contributed by atoms with van der Waals surface area (Å²) in [6, 6.07) is 3.35. The first-order valence-corrected chi connectivity index (χ1v) is 6.94. The van der Waals surface area contributed by atoms with Gasteiger partial charge in [-0.2, -0.15) is 0 Å². The summed E-state index contributed by atoms with van der Waals surface area (Å²) >= 11 is 5.82. The summed E-state index contributed by atoms with van der Waals surface area (Å²) in [5.41, 5.74) is 0. The molecule has 0 aliphatic heterocycles. The lowest BCUT2D eigenvalue weighted by atomic mass is 10.4. The number of amides is 2. The van der Waals surface area contributed by atoms with Crippen LogP contribution >= 0.6 is 11.6 Å². The number of likely N-dealkylation sites (N-methyl/N-ethyl adjacent to an activating group) is 1. The third kappa shape index (κ3) is 5.53. The maximum Gasteiger partial charge on any atom is 0.323 e. The Morgan fingerprint density at radius 2 is 2.05 bits per heavy atom. The lowest BCUT2D eigenvalue weighted by molar-refractivity contribution is -0.894. The number of nitrogens with zero attached hydrogens (tertiary/aromatic N) is 2. The van der Waals surface area contributed by atoms with Gasteiger partial charge in [-0.15, -0.1) is 0 Å². The molecule has 0 aromatic carbocycles. The van der Waals surface area contributed by atoms with Crippen LogP contribution in [0.4, 0.5) is 10.6 Å². The van der Waals surface area contributed by atoms with Crippen molar-refractivity contribution in [1.29, 1.82) is 0 Å². The molecule has 1 aromatic heterocycles. The fourth-order valence-corrected chi connectivity index (χ4v) is 1.97. The lowest BCUT2D eigenvalue weighted by Gasteiger charge is -2.23. The standard InChI is InChI=1S/C13H21ClN4O.ClH/c1-4-17(5-2)8-9-18(13(19)15-3)12-7-6-11(14)10-16-12;/h6-7,10H,4-5,8-9H2,1-3H3,(H,15,19);1H. The molecule has 2 N–H and O–H groups in total. The van der Waals surface area contributed by atoms with E-state index in [0.717, 1.165) is 19.6 Å². The second-order valence-corrected chi connectivity index (χ2v) is 4.68. The van der Waals surface area contributed by atoms with Gasteiger partial charge in [0.05, 0.1) is 31.2 Å². The Morgan fingerprint density at radius 3 is 2.50 bits per heavy atom. The van der Waals surface area contributed by atoms with E-state index in [1.165, 1.54) is 4.90 Å². The molecule has 0 aliphatic carbocycles.